The predicted octanol–water partition coefficient (Wildman–Crippen LogP) is 4.20. The lowest BCUT2D eigenvalue weighted by Crippen LogP contribution is -2.28. The molecule has 30 heavy (non-hydrogen) atoms. The van der Waals surface area contributed by atoms with Crippen LogP contribution in [0.2, 0.25) is 0 Å². The number of aromatic nitrogens is 3. The standard InChI is InChI=1S/C22H26N4O3S/c1-5-26-21(16(2)29-19-13-9-12-18(14-19)28-4)23-24-22(26)30-15-20(27)25(3)17-10-7-6-8-11-17/h6-14,16H,5,15H2,1-4H3. The maximum absolute atomic E-state index is 12.6. The third kappa shape index (κ3) is 5.13. The van der Waals surface area contributed by atoms with Gasteiger partial charge in [-0.05, 0) is 38.1 Å². The average molecular weight is 427 g/mol. The van der Waals surface area contributed by atoms with Gasteiger partial charge in [-0.25, -0.2) is 0 Å². The largest absolute Gasteiger partial charge is 0.497 e. The average Bonchev–Trinajstić information content (AvgIpc) is 3.20. The number of thioether (sulfide) groups is 1. The molecule has 8 heteroatoms. The maximum Gasteiger partial charge on any atom is 0.237 e. The molecule has 0 aliphatic carbocycles. The van der Waals surface area contributed by atoms with Crippen molar-refractivity contribution in [3.8, 4) is 11.5 Å². The van der Waals surface area contributed by atoms with Crippen LogP contribution in [0.3, 0.4) is 0 Å². The zero-order chi connectivity index (χ0) is 21.5. The fourth-order valence-electron chi connectivity index (χ4n) is 2.95. The molecular formula is C22H26N4O3S. The van der Waals surface area contributed by atoms with E-state index in [2.05, 4.69) is 10.2 Å². The second-order valence-corrected chi connectivity index (χ2v) is 7.54. The molecule has 1 amide bonds. The van der Waals surface area contributed by atoms with Crippen molar-refractivity contribution >= 4 is 23.4 Å². The van der Waals surface area contributed by atoms with Crippen LogP contribution in [0.4, 0.5) is 5.69 Å². The van der Waals surface area contributed by atoms with E-state index in [4.69, 9.17) is 9.47 Å². The van der Waals surface area contributed by atoms with Crippen molar-refractivity contribution in [2.24, 2.45) is 0 Å². The van der Waals surface area contributed by atoms with E-state index in [1.807, 2.05) is 73.0 Å². The van der Waals surface area contributed by atoms with Gasteiger partial charge in [0.25, 0.3) is 0 Å². The number of carbonyl (C=O) groups is 1. The first-order valence-electron chi connectivity index (χ1n) is 9.71. The fourth-order valence-corrected chi connectivity index (χ4v) is 3.88. The van der Waals surface area contributed by atoms with E-state index < -0.39 is 0 Å². The molecule has 3 aromatic rings. The molecule has 2 aromatic carbocycles. The summed E-state index contributed by atoms with van der Waals surface area (Å²) < 4.78 is 13.3. The fraction of sp³-hybridized carbons (Fsp3) is 0.318. The number of nitrogens with zero attached hydrogens (tertiary/aromatic N) is 4. The van der Waals surface area contributed by atoms with E-state index >= 15 is 0 Å². The molecule has 0 saturated heterocycles. The number of ether oxygens (including phenoxy) is 2. The molecule has 0 bridgehead atoms. The minimum atomic E-state index is -0.304. The quantitative estimate of drug-likeness (QED) is 0.478. The van der Waals surface area contributed by atoms with Crippen LogP contribution in [0.15, 0.2) is 59.8 Å². The van der Waals surface area contributed by atoms with Gasteiger partial charge in [-0.1, -0.05) is 36.0 Å². The monoisotopic (exact) mass is 426 g/mol. The summed E-state index contributed by atoms with van der Waals surface area (Å²) in [5.41, 5.74) is 0.862. The number of carbonyl (C=O) groups excluding carboxylic acids is 1. The van der Waals surface area contributed by atoms with Crippen LogP contribution in [0, 0.1) is 0 Å². The molecule has 7 nitrogen and oxygen atoms in total. The molecule has 1 aromatic heterocycles. The number of rotatable bonds is 9. The molecule has 0 fully saturated rings. The molecule has 1 heterocycles. The third-order valence-corrected chi connectivity index (χ3v) is 5.57. The molecule has 0 aliphatic rings. The first kappa shape index (κ1) is 21.7. The maximum atomic E-state index is 12.6. The van der Waals surface area contributed by atoms with Crippen LogP contribution in [0.1, 0.15) is 25.8 Å². The van der Waals surface area contributed by atoms with Crippen LogP contribution in [-0.4, -0.2) is 40.6 Å². The molecule has 3 rings (SSSR count). The first-order valence-corrected chi connectivity index (χ1v) is 10.7. The van der Waals surface area contributed by atoms with E-state index in [1.165, 1.54) is 11.8 Å². The Kier molecular flexibility index (Phi) is 7.35. The topological polar surface area (TPSA) is 69.5 Å². The summed E-state index contributed by atoms with van der Waals surface area (Å²) in [5, 5.41) is 9.30. The van der Waals surface area contributed by atoms with Crippen molar-refractivity contribution in [1.82, 2.24) is 14.8 Å². The van der Waals surface area contributed by atoms with Gasteiger partial charge in [0, 0.05) is 25.3 Å². The van der Waals surface area contributed by atoms with Crippen LogP contribution >= 0.6 is 11.8 Å². The van der Waals surface area contributed by atoms with Gasteiger partial charge < -0.3 is 18.9 Å². The van der Waals surface area contributed by atoms with E-state index in [0.717, 1.165) is 11.4 Å². The van der Waals surface area contributed by atoms with Crippen molar-refractivity contribution in [2.45, 2.75) is 31.7 Å². The summed E-state index contributed by atoms with van der Waals surface area (Å²) in [4.78, 5) is 14.2. The van der Waals surface area contributed by atoms with Gasteiger partial charge in [-0.2, -0.15) is 0 Å². The summed E-state index contributed by atoms with van der Waals surface area (Å²) in [7, 11) is 3.40. The van der Waals surface area contributed by atoms with Crippen LogP contribution < -0.4 is 14.4 Å². The number of para-hydroxylation sites is 1. The number of amides is 1. The summed E-state index contributed by atoms with van der Waals surface area (Å²) in [6, 6.07) is 17.0. The van der Waals surface area contributed by atoms with Gasteiger partial charge in [-0.3, -0.25) is 4.79 Å². The second kappa shape index (κ2) is 10.2. The van der Waals surface area contributed by atoms with E-state index in [9.17, 15) is 4.79 Å². The van der Waals surface area contributed by atoms with E-state index in [-0.39, 0.29) is 17.8 Å². The Bertz CT molecular complexity index is 978. The first-order chi connectivity index (χ1) is 14.5. The summed E-state index contributed by atoms with van der Waals surface area (Å²) in [6.45, 7) is 4.63. The van der Waals surface area contributed by atoms with Crippen LogP contribution in [0.25, 0.3) is 0 Å². The van der Waals surface area contributed by atoms with Crippen molar-refractivity contribution in [2.75, 3.05) is 24.8 Å². The van der Waals surface area contributed by atoms with Gasteiger partial charge in [0.2, 0.25) is 5.91 Å². The minimum Gasteiger partial charge on any atom is -0.497 e. The molecule has 158 valence electrons. The highest BCUT2D eigenvalue weighted by Gasteiger charge is 2.20. The number of benzene rings is 2. The van der Waals surface area contributed by atoms with Crippen molar-refractivity contribution in [3.05, 3.63) is 60.4 Å². The molecule has 0 spiro atoms. The molecule has 1 atom stereocenters. The zero-order valence-corrected chi connectivity index (χ0v) is 18.4. The Morgan fingerprint density at radius 3 is 2.57 bits per heavy atom. The van der Waals surface area contributed by atoms with Crippen LogP contribution in [-0.2, 0) is 11.3 Å². The molecule has 0 aliphatic heterocycles. The number of hydrogen-bond acceptors (Lipinski definition) is 6. The van der Waals surface area contributed by atoms with Crippen LogP contribution in [0.5, 0.6) is 11.5 Å². The predicted molar refractivity (Wildman–Crippen MR) is 118 cm³/mol. The zero-order valence-electron chi connectivity index (χ0n) is 17.6. The normalized spacial score (nSPS) is 11.7. The van der Waals surface area contributed by atoms with Gasteiger partial charge >= 0.3 is 0 Å². The Morgan fingerprint density at radius 2 is 1.87 bits per heavy atom. The Labute approximate surface area is 181 Å². The molecular weight excluding hydrogens is 400 g/mol. The lowest BCUT2D eigenvalue weighted by molar-refractivity contribution is -0.115. The molecule has 0 radical (unpaired) electrons. The highest BCUT2D eigenvalue weighted by Crippen LogP contribution is 2.27. The highest BCUT2D eigenvalue weighted by atomic mass is 32.2. The van der Waals surface area contributed by atoms with Gasteiger partial charge in [-0.15, -0.1) is 10.2 Å². The number of anilines is 1. The van der Waals surface area contributed by atoms with E-state index in [1.54, 1.807) is 19.1 Å². The van der Waals surface area contributed by atoms with Gasteiger partial charge in [0.1, 0.15) is 11.5 Å². The SMILES string of the molecule is CCn1c(SCC(=O)N(C)c2ccccc2)nnc1C(C)Oc1cccc(OC)c1. The summed E-state index contributed by atoms with van der Waals surface area (Å²) in [5.74, 6) is 2.41. The molecule has 0 saturated carbocycles. The number of methoxy groups -OCH3 is 1. The lowest BCUT2D eigenvalue weighted by Gasteiger charge is -2.17. The van der Waals surface area contributed by atoms with Crippen molar-refractivity contribution in [3.63, 3.8) is 0 Å². The number of hydrogen-bond donors (Lipinski definition) is 0. The summed E-state index contributed by atoms with van der Waals surface area (Å²) >= 11 is 1.38. The molecule has 0 N–H and O–H groups in total. The summed E-state index contributed by atoms with van der Waals surface area (Å²) in [6.07, 6.45) is -0.304. The molecule has 1 unspecified atom stereocenters. The Morgan fingerprint density at radius 1 is 1.13 bits per heavy atom. The third-order valence-electron chi connectivity index (χ3n) is 4.62. The Hall–Kier alpha value is -3.00. The second-order valence-electron chi connectivity index (χ2n) is 6.60. The smallest absolute Gasteiger partial charge is 0.237 e. The highest BCUT2D eigenvalue weighted by molar-refractivity contribution is 7.99. The van der Waals surface area contributed by atoms with Crippen molar-refractivity contribution in [1.29, 1.82) is 0 Å². The Balaban J connectivity index is 1.66. The van der Waals surface area contributed by atoms with Crippen molar-refractivity contribution < 1.29 is 14.3 Å². The minimum absolute atomic E-state index is 0.000850. The lowest BCUT2D eigenvalue weighted by atomic mass is 10.3. The van der Waals surface area contributed by atoms with Gasteiger partial charge in [0.15, 0.2) is 17.1 Å². The van der Waals surface area contributed by atoms with E-state index in [0.29, 0.717) is 23.3 Å². The van der Waals surface area contributed by atoms with Gasteiger partial charge in [0.05, 0.1) is 12.9 Å².